The van der Waals surface area contributed by atoms with Crippen LogP contribution in [-0.2, 0) is 9.59 Å². The second kappa shape index (κ2) is 10.3. The fourth-order valence-corrected chi connectivity index (χ4v) is 4.18. The maximum Gasteiger partial charge on any atom is 0.248 e. The highest BCUT2D eigenvalue weighted by Gasteiger charge is 2.37. The number of hydrogen-bond donors (Lipinski definition) is 3. The van der Waals surface area contributed by atoms with Crippen molar-refractivity contribution in [2.45, 2.75) is 5.92 Å². The van der Waals surface area contributed by atoms with E-state index in [1.165, 1.54) is 18.2 Å². The number of rotatable bonds is 6. The number of anilines is 3. The van der Waals surface area contributed by atoms with E-state index in [-0.39, 0.29) is 29.5 Å². The largest absolute Gasteiger partial charge is 0.397 e. The van der Waals surface area contributed by atoms with Crippen molar-refractivity contribution < 1.29 is 14.0 Å². The SMILES string of the molecule is CN1CC(C(=O)Nc2ccc(F)cc2)C(c2ccc(C=CC(=O)Nc3ccccc3N)cc2)C1. The monoisotopic (exact) mass is 458 g/mol. The molecule has 0 radical (unpaired) electrons. The molecular formula is C27H27FN4O2. The summed E-state index contributed by atoms with van der Waals surface area (Å²) in [5.41, 5.74) is 9.45. The third kappa shape index (κ3) is 5.68. The Morgan fingerprint density at radius 3 is 2.38 bits per heavy atom. The summed E-state index contributed by atoms with van der Waals surface area (Å²) in [6, 6.07) is 20.7. The number of nitrogens with zero attached hydrogens (tertiary/aromatic N) is 1. The quantitative estimate of drug-likeness (QED) is 0.379. The van der Waals surface area contributed by atoms with Gasteiger partial charge in [0, 0.05) is 30.8 Å². The highest BCUT2D eigenvalue weighted by Crippen LogP contribution is 2.33. The van der Waals surface area contributed by atoms with Gasteiger partial charge in [0.05, 0.1) is 17.3 Å². The first-order valence-corrected chi connectivity index (χ1v) is 11.1. The zero-order valence-electron chi connectivity index (χ0n) is 18.9. The van der Waals surface area contributed by atoms with E-state index in [2.05, 4.69) is 15.5 Å². The number of nitrogens with one attached hydrogen (secondary N) is 2. The number of nitrogens with two attached hydrogens (primary N) is 1. The van der Waals surface area contributed by atoms with Gasteiger partial charge in [-0.05, 0) is 60.6 Å². The molecular weight excluding hydrogens is 431 g/mol. The number of amides is 2. The van der Waals surface area contributed by atoms with E-state index in [1.807, 2.05) is 43.4 Å². The minimum absolute atomic E-state index is 0.0350. The van der Waals surface area contributed by atoms with Crippen molar-refractivity contribution in [1.29, 1.82) is 0 Å². The highest BCUT2D eigenvalue weighted by molar-refractivity contribution is 6.03. The van der Waals surface area contributed by atoms with Gasteiger partial charge in [0.15, 0.2) is 0 Å². The lowest BCUT2D eigenvalue weighted by molar-refractivity contribution is -0.119. The van der Waals surface area contributed by atoms with Gasteiger partial charge >= 0.3 is 0 Å². The van der Waals surface area contributed by atoms with Gasteiger partial charge in [0.1, 0.15) is 5.82 Å². The molecule has 34 heavy (non-hydrogen) atoms. The van der Waals surface area contributed by atoms with Gasteiger partial charge in [-0.15, -0.1) is 0 Å². The molecule has 6 nitrogen and oxygen atoms in total. The number of para-hydroxylation sites is 2. The van der Waals surface area contributed by atoms with E-state index in [0.717, 1.165) is 17.7 Å². The number of carbonyl (C=O) groups is 2. The fourth-order valence-electron chi connectivity index (χ4n) is 4.18. The molecule has 2 amide bonds. The first kappa shape index (κ1) is 23.2. The smallest absolute Gasteiger partial charge is 0.248 e. The van der Waals surface area contributed by atoms with Crippen LogP contribution in [0.4, 0.5) is 21.5 Å². The van der Waals surface area contributed by atoms with Gasteiger partial charge in [-0.25, -0.2) is 4.39 Å². The molecule has 7 heteroatoms. The molecule has 1 aliphatic heterocycles. The van der Waals surface area contributed by atoms with Crippen LogP contribution in [0, 0.1) is 11.7 Å². The van der Waals surface area contributed by atoms with Gasteiger partial charge in [0.2, 0.25) is 11.8 Å². The van der Waals surface area contributed by atoms with Crippen molar-refractivity contribution in [1.82, 2.24) is 4.90 Å². The zero-order chi connectivity index (χ0) is 24.1. The summed E-state index contributed by atoms with van der Waals surface area (Å²) in [5, 5.41) is 5.66. The number of hydrogen-bond acceptors (Lipinski definition) is 4. The van der Waals surface area contributed by atoms with Crippen LogP contribution in [0.2, 0.25) is 0 Å². The van der Waals surface area contributed by atoms with Crippen LogP contribution in [0.1, 0.15) is 17.0 Å². The average molecular weight is 459 g/mol. The number of likely N-dealkylation sites (tertiary alicyclic amines) is 1. The summed E-state index contributed by atoms with van der Waals surface area (Å²) < 4.78 is 13.2. The maximum absolute atomic E-state index is 13.2. The first-order valence-electron chi connectivity index (χ1n) is 11.1. The lowest BCUT2D eigenvalue weighted by Gasteiger charge is -2.19. The Morgan fingerprint density at radius 2 is 1.68 bits per heavy atom. The summed E-state index contributed by atoms with van der Waals surface area (Å²) in [5.74, 6) is -0.877. The normalized spacial score (nSPS) is 18.2. The number of benzene rings is 3. The van der Waals surface area contributed by atoms with Crippen LogP contribution < -0.4 is 16.4 Å². The molecule has 174 valence electrons. The van der Waals surface area contributed by atoms with Crippen LogP contribution in [-0.4, -0.2) is 36.9 Å². The van der Waals surface area contributed by atoms with Crippen molar-refractivity contribution in [2.75, 3.05) is 36.5 Å². The molecule has 1 aliphatic rings. The fraction of sp³-hybridized carbons (Fsp3) is 0.185. The molecule has 0 saturated carbocycles. The van der Waals surface area contributed by atoms with E-state index in [1.54, 1.807) is 30.3 Å². The predicted octanol–water partition coefficient (Wildman–Crippen LogP) is 4.34. The highest BCUT2D eigenvalue weighted by atomic mass is 19.1. The lowest BCUT2D eigenvalue weighted by Crippen LogP contribution is -2.28. The molecule has 1 fully saturated rings. The number of nitrogen functional groups attached to an aromatic ring is 1. The molecule has 4 rings (SSSR count). The van der Waals surface area contributed by atoms with Crippen LogP contribution in [0.5, 0.6) is 0 Å². The van der Waals surface area contributed by atoms with Gasteiger partial charge in [-0.2, -0.15) is 0 Å². The number of halogens is 1. The molecule has 3 aromatic carbocycles. The molecule has 2 atom stereocenters. The third-order valence-electron chi connectivity index (χ3n) is 5.96. The summed E-state index contributed by atoms with van der Waals surface area (Å²) >= 11 is 0. The Labute approximate surface area is 198 Å². The van der Waals surface area contributed by atoms with Crippen molar-refractivity contribution in [3.05, 3.63) is 95.8 Å². The molecule has 1 heterocycles. The average Bonchev–Trinajstić information content (AvgIpc) is 3.23. The Kier molecular flexibility index (Phi) is 7.04. The van der Waals surface area contributed by atoms with E-state index in [0.29, 0.717) is 23.6 Å². The van der Waals surface area contributed by atoms with Crippen molar-refractivity contribution in [3.8, 4) is 0 Å². The second-order valence-corrected chi connectivity index (χ2v) is 8.51. The van der Waals surface area contributed by atoms with Gasteiger partial charge in [-0.1, -0.05) is 36.4 Å². The van der Waals surface area contributed by atoms with Crippen molar-refractivity contribution >= 4 is 35.0 Å². The predicted molar refractivity (Wildman–Crippen MR) is 134 cm³/mol. The van der Waals surface area contributed by atoms with E-state index in [4.69, 9.17) is 5.73 Å². The van der Waals surface area contributed by atoms with Gasteiger partial charge in [0.25, 0.3) is 0 Å². The standard InChI is InChI=1S/C27H27FN4O2/c1-32-16-22(23(17-32)27(34)30-21-13-11-20(28)12-14-21)19-9-6-18(7-10-19)8-15-26(33)31-25-5-3-2-4-24(25)29/h2-15,22-23H,16-17,29H2,1H3,(H,30,34)(H,31,33). The Hall–Kier alpha value is -3.97. The Bertz CT molecular complexity index is 1190. The maximum atomic E-state index is 13.2. The minimum atomic E-state index is -0.340. The van der Waals surface area contributed by atoms with Crippen molar-refractivity contribution in [3.63, 3.8) is 0 Å². The molecule has 0 aliphatic carbocycles. The lowest BCUT2D eigenvalue weighted by atomic mass is 9.88. The summed E-state index contributed by atoms with van der Waals surface area (Å²) in [7, 11) is 1.99. The summed E-state index contributed by atoms with van der Waals surface area (Å²) in [6.45, 7) is 1.40. The Balaban J connectivity index is 1.40. The number of carbonyl (C=O) groups excluding carboxylic acids is 2. The molecule has 2 unspecified atom stereocenters. The summed E-state index contributed by atoms with van der Waals surface area (Å²) in [4.78, 5) is 27.3. The topological polar surface area (TPSA) is 87.5 Å². The third-order valence-corrected chi connectivity index (χ3v) is 5.96. The van der Waals surface area contributed by atoms with Crippen LogP contribution in [0.25, 0.3) is 6.08 Å². The first-order chi connectivity index (χ1) is 16.4. The van der Waals surface area contributed by atoms with E-state index < -0.39 is 0 Å². The van der Waals surface area contributed by atoms with E-state index >= 15 is 0 Å². The van der Waals surface area contributed by atoms with Gasteiger partial charge < -0.3 is 21.3 Å². The molecule has 3 aromatic rings. The molecule has 0 spiro atoms. The van der Waals surface area contributed by atoms with Gasteiger partial charge in [-0.3, -0.25) is 9.59 Å². The van der Waals surface area contributed by atoms with Crippen LogP contribution in [0.15, 0.2) is 78.9 Å². The minimum Gasteiger partial charge on any atom is -0.397 e. The van der Waals surface area contributed by atoms with Crippen molar-refractivity contribution in [2.24, 2.45) is 5.92 Å². The van der Waals surface area contributed by atoms with Crippen LogP contribution in [0.3, 0.4) is 0 Å². The second-order valence-electron chi connectivity index (χ2n) is 8.51. The molecule has 0 bridgehead atoms. The molecule has 0 aromatic heterocycles. The Morgan fingerprint density at radius 1 is 0.971 bits per heavy atom. The molecule has 1 saturated heterocycles. The summed E-state index contributed by atoms with van der Waals surface area (Å²) in [6.07, 6.45) is 3.20. The number of likely N-dealkylation sites (N-methyl/N-ethyl adjacent to an activating group) is 1. The zero-order valence-corrected chi connectivity index (χ0v) is 18.9. The van der Waals surface area contributed by atoms with Crippen LogP contribution >= 0.6 is 0 Å². The molecule has 4 N–H and O–H groups in total. The van der Waals surface area contributed by atoms with E-state index in [9.17, 15) is 14.0 Å².